The number of aromatic amines is 1. The Morgan fingerprint density at radius 2 is 1.74 bits per heavy atom. The number of rotatable bonds is 2. The molecule has 0 amide bonds. The predicted octanol–water partition coefficient (Wildman–Crippen LogP) is 2.36. The monoisotopic (exact) mass is 308 g/mol. The van der Waals surface area contributed by atoms with Gasteiger partial charge in [-0.25, -0.2) is 0 Å². The van der Waals surface area contributed by atoms with Gasteiger partial charge in [0, 0.05) is 29.4 Å². The molecule has 3 aromatic rings. The second-order valence-electron chi connectivity index (χ2n) is 5.21. The van der Waals surface area contributed by atoms with E-state index in [1.165, 1.54) is 26.6 Å². The van der Waals surface area contributed by atoms with Gasteiger partial charge in [0.25, 0.3) is 0 Å². The van der Waals surface area contributed by atoms with Gasteiger partial charge < -0.3 is 14.5 Å². The van der Waals surface area contributed by atoms with E-state index >= 15 is 0 Å². The summed E-state index contributed by atoms with van der Waals surface area (Å²) >= 11 is 0. The number of ether oxygens (including phenoxy) is 2. The van der Waals surface area contributed by atoms with E-state index < -0.39 is 0 Å². The zero-order valence-electron chi connectivity index (χ0n) is 12.5. The van der Waals surface area contributed by atoms with Crippen molar-refractivity contribution in [2.75, 3.05) is 14.2 Å². The maximum absolute atomic E-state index is 12.8. The topological polar surface area (TPSA) is 81.3 Å². The summed E-state index contributed by atoms with van der Waals surface area (Å²) in [6.07, 6.45) is 2.93. The molecule has 1 aromatic carbocycles. The van der Waals surface area contributed by atoms with Crippen LogP contribution in [0.15, 0.2) is 30.6 Å². The number of benzene rings is 1. The first-order chi connectivity index (χ1) is 11.2. The largest absolute Gasteiger partial charge is 0.493 e. The van der Waals surface area contributed by atoms with Crippen LogP contribution in [0.4, 0.5) is 0 Å². The van der Waals surface area contributed by atoms with Gasteiger partial charge in [-0.3, -0.25) is 14.6 Å². The van der Waals surface area contributed by atoms with E-state index in [4.69, 9.17) is 9.47 Å². The fourth-order valence-corrected chi connectivity index (χ4v) is 2.97. The number of H-pyrrole nitrogens is 1. The lowest BCUT2D eigenvalue weighted by atomic mass is 9.88. The normalized spacial score (nSPS) is 13.0. The Bertz CT molecular complexity index is 988. The lowest BCUT2D eigenvalue weighted by Crippen LogP contribution is -2.20. The van der Waals surface area contributed by atoms with Gasteiger partial charge in [0.1, 0.15) is 0 Å². The molecule has 2 aromatic heterocycles. The van der Waals surface area contributed by atoms with E-state index in [1.54, 1.807) is 18.2 Å². The molecule has 1 aliphatic carbocycles. The standard InChI is InChI=1S/C17H12N2O4/c1-22-12-5-9-11(6-13(12)23-2)19-15-14(9)16(20)10-7-18-4-3-8(10)17(15)21/h3-7,19H,1-2H3. The van der Waals surface area contributed by atoms with Crippen molar-refractivity contribution in [2.45, 2.75) is 0 Å². The fraction of sp³-hybridized carbons (Fsp3) is 0.118. The lowest BCUT2D eigenvalue weighted by Gasteiger charge is -2.13. The minimum Gasteiger partial charge on any atom is -0.493 e. The number of ketones is 2. The first-order valence-corrected chi connectivity index (χ1v) is 6.96. The molecule has 6 heteroatoms. The van der Waals surface area contributed by atoms with Crippen molar-refractivity contribution in [2.24, 2.45) is 0 Å². The molecule has 114 valence electrons. The van der Waals surface area contributed by atoms with Crippen LogP contribution in [0.25, 0.3) is 10.9 Å². The molecule has 0 bridgehead atoms. The predicted molar refractivity (Wildman–Crippen MR) is 82.5 cm³/mol. The highest BCUT2D eigenvalue weighted by Gasteiger charge is 2.33. The Hall–Kier alpha value is -3.15. The molecule has 6 nitrogen and oxygen atoms in total. The number of nitrogens with zero attached hydrogens (tertiary/aromatic N) is 1. The molecule has 0 fully saturated rings. The highest BCUT2D eigenvalue weighted by molar-refractivity contribution is 6.32. The summed E-state index contributed by atoms with van der Waals surface area (Å²) in [7, 11) is 3.05. The Kier molecular flexibility index (Phi) is 2.74. The highest BCUT2D eigenvalue weighted by atomic mass is 16.5. The molecule has 1 aliphatic rings. The maximum Gasteiger partial charge on any atom is 0.210 e. The molecule has 4 rings (SSSR count). The number of nitrogens with one attached hydrogen (secondary N) is 1. The van der Waals surface area contributed by atoms with Gasteiger partial charge in [-0.15, -0.1) is 0 Å². The van der Waals surface area contributed by atoms with E-state index in [0.717, 1.165) is 0 Å². The number of pyridine rings is 1. The van der Waals surface area contributed by atoms with Gasteiger partial charge in [0.2, 0.25) is 5.78 Å². The summed E-state index contributed by atoms with van der Waals surface area (Å²) in [6.45, 7) is 0. The SMILES string of the molecule is COc1cc2[nH]c3c(c2cc1OC)C(=O)c1cnccc1C3=O. The number of carbonyl (C=O) groups is 2. The third kappa shape index (κ3) is 1.72. The maximum atomic E-state index is 12.8. The molecule has 0 saturated carbocycles. The van der Waals surface area contributed by atoms with Gasteiger partial charge in [0.05, 0.1) is 36.6 Å². The van der Waals surface area contributed by atoms with Gasteiger partial charge >= 0.3 is 0 Å². The molecule has 0 aliphatic heterocycles. The Morgan fingerprint density at radius 3 is 2.48 bits per heavy atom. The van der Waals surface area contributed by atoms with Gasteiger partial charge in [-0.2, -0.15) is 0 Å². The van der Waals surface area contributed by atoms with E-state index in [0.29, 0.717) is 44.8 Å². The van der Waals surface area contributed by atoms with Gasteiger partial charge in [0.15, 0.2) is 17.3 Å². The molecule has 0 spiro atoms. The zero-order valence-corrected chi connectivity index (χ0v) is 12.5. The lowest BCUT2D eigenvalue weighted by molar-refractivity contribution is 0.0977. The third-order valence-corrected chi connectivity index (χ3v) is 4.07. The Balaban J connectivity index is 2.06. The smallest absolute Gasteiger partial charge is 0.210 e. The molecule has 0 saturated heterocycles. The molecule has 2 heterocycles. The van der Waals surface area contributed by atoms with E-state index in [1.807, 2.05) is 0 Å². The summed E-state index contributed by atoms with van der Waals surface area (Å²) in [5, 5.41) is 0.630. The Labute approximate surface area is 131 Å². The number of aromatic nitrogens is 2. The summed E-state index contributed by atoms with van der Waals surface area (Å²) < 4.78 is 10.6. The average molecular weight is 308 g/mol. The van der Waals surface area contributed by atoms with Crippen LogP contribution in [-0.4, -0.2) is 35.8 Å². The van der Waals surface area contributed by atoms with Gasteiger partial charge in [-0.05, 0) is 12.1 Å². The van der Waals surface area contributed by atoms with Crippen molar-refractivity contribution in [3.63, 3.8) is 0 Å². The summed E-state index contributed by atoms with van der Waals surface area (Å²) in [5.74, 6) is 0.587. The van der Waals surface area contributed by atoms with Crippen LogP contribution in [0.5, 0.6) is 11.5 Å². The first kappa shape index (κ1) is 13.5. The zero-order chi connectivity index (χ0) is 16.1. The second-order valence-corrected chi connectivity index (χ2v) is 5.21. The number of hydrogen-bond donors (Lipinski definition) is 1. The molecule has 23 heavy (non-hydrogen) atoms. The average Bonchev–Trinajstić information content (AvgIpc) is 2.97. The summed E-state index contributed by atoms with van der Waals surface area (Å²) in [6, 6.07) is 4.98. The van der Waals surface area contributed by atoms with E-state index in [-0.39, 0.29) is 11.6 Å². The molecule has 0 radical (unpaired) electrons. The number of methoxy groups -OCH3 is 2. The highest BCUT2D eigenvalue weighted by Crippen LogP contribution is 2.38. The van der Waals surface area contributed by atoms with Crippen LogP contribution in [0.1, 0.15) is 32.0 Å². The number of carbonyl (C=O) groups excluding carboxylic acids is 2. The van der Waals surface area contributed by atoms with Crippen LogP contribution in [0.2, 0.25) is 0 Å². The van der Waals surface area contributed by atoms with Crippen LogP contribution in [0.3, 0.4) is 0 Å². The number of hydrogen-bond acceptors (Lipinski definition) is 5. The summed E-state index contributed by atoms with van der Waals surface area (Å²) in [5.41, 5.74) is 1.98. The van der Waals surface area contributed by atoms with E-state index in [9.17, 15) is 9.59 Å². The van der Waals surface area contributed by atoms with Crippen molar-refractivity contribution in [1.82, 2.24) is 9.97 Å². The molecular formula is C17H12N2O4. The molecule has 0 unspecified atom stereocenters. The van der Waals surface area contributed by atoms with Crippen LogP contribution in [0, 0.1) is 0 Å². The van der Waals surface area contributed by atoms with Crippen LogP contribution < -0.4 is 9.47 Å². The third-order valence-electron chi connectivity index (χ3n) is 4.07. The minimum atomic E-state index is -0.221. The summed E-state index contributed by atoms with van der Waals surface area (Å²) in [4.78, 5) is 32.4. The molecule has 0 atom stereocenters. The Morgan fingerprint density at radius 1 is 1.00 bits per heavy atom. The van der Waals surface area contributed by atoms with Crippen LogP contribution >= 0.6 is 0 Å². The minimum absolute atomic E-state index is 0.217. The second kappa shape index (κ2) is 4.67. The van der Waals surface area contributed by atoms with Crippen LogP contribution in [-0.2, 0) is 0 Å². The van der Waals surface area contributed by atoms with Crippen molar-refractivity contribution in [1.29, 1.82) is 0 Å². The molecule has 1 N–H and O–H groups in total. The van der Waals surface area contributed by atoms with Crippen molar-refractivity contribution in [3.05, 3.63) is 53.0 Å². The van der Waals surface area contributed by atoms with E-state index in [2.05, 4.69) is 9.97 Å². The van der Waals surface area contributed by atoms with Crippen molar-refractivity contribution in [3.8, 4) is 11.5 Å². The van der Waals surface area contributed by atoms with Gasteiger partial charge in [-0.1, -0.05) is 0 Å². The molecular weight excluding hydrogens is 296 g/mol. The van der Waals surface area contributed by atoms with Crippen molar-refractivity contribution < 1.29 is 19.1 Å². The quantitative estimate of drug-likeness (QED) is 0.615. The van der Waals surface area contributed by atoms with Crippen molar-refractivity contribution >= 4 is 22.5 Å². The fourth-order valence-electron chi connectivity index (χ4n) is 2.97. The number of fused-ring (bicyclic) bond motifs is 4. The first-order valence-electron chi connectivity index (χ1n) is 6.96.